The lowest BCUT2D eigenvalue weighted by Crippen LogP contribution is -2.43. The van der Waals surface area contributed by atoms with E-state index in [0.29, 0.717) is 25.8 Å². The second-order valence-corrected chi connectivity index (χ2v) is 6.29. The minimum atomic E-state index is -0.658. The fraction of sp³-hybridized carbons (Fsp3) is 0.737. The Morgan fingerprint density at radius 2 is 1.81 bits per heavy atom. The molecular weight excluding hydrogens is 336 g/mol. The van der Waals surface area contributed by atoms with Gasteiger partial charge in [0.25, 0.3) is 0 Å². The van der Waals surface area contributed by atoms with Gasteiger partial charge in [-0.1, -0.05) is 45.8 Å². The number of ether oxygens (including phenoxy) is 2. The molecule has 7 heteroatoms. The summed E-state index contributed by atoms with van der Waals surface area (Å²) in [6.07, 6.45) is 6.80. The molecule has 0 bridgehead atoms. The highest BCUT2D eigenvalue weighted by molar-refractivity contribution is 5.85. The first kappa shape index (κ1) is 23.9. The largest absolute Gasteiger partial charge is 0.467 e. The number of methoxy groups -OCH3 is 1. The van der Waals surface area contributed by atoms with Crippen LogP contribution in [0.1, 0.15) is 58.8 Å². The third kappa shape index (κ3) is 11.5. The maximum atomic E-state index is 12.2. The van der Waals surface area contributed by atoms with Crippen molar-refractivity contribution in [1.82, 2.24) is 10.6 Å². The van der Waals surface area contributed by atoms with E-state index in [1.165, 1.54) is 13.2 Å². The molecule has 0 saturated carbocycles. The van der Waals surface area contributed by atoms with Gasteiger partial charge in [-0.15, -0.1) is 0 Å². The van der Waals surface area contributed by atoms with Gasteiger partial charge in [-0.3, -0.25) is 4.79 Å². The van der Waals surface area contributed by atoms with Gasteiger partial charge in [0.1, 0.15) is 12.6 Å². The van der Waals surface area contributed by atoms with E-state index in [4.69, 9.17) is 9.47 Å². The SMILES string of the molecule is C=CCOC(=O)NCCCC[C@H](NC(=O)[C@@H](C)CCCCC)C(=O)OC. The van der Waals surface area contributed by atoms with E-state index in [0.717, 1.165) is 25.7 Å². The second-order valence-electron chi connectivity index (χ2n) is 6.29. The number of esters is 1. The minimum absolute atomic E-state index is 0.123. The molecule has 0 aromatic carbocycles. The molecule has 0 heterocycles. The van der Waals surface area contributed by atoms with Gasteiger partial charge >= 0.3 is 12.1 Å². The van der Waals surface area contributed by atoms with Crippen molar-refractivity contribution in [3.63, 3.8) is 0 Å². The molecule has 0 aliphatic rings. The van der Waals surface area contributed by atoms with Crippen molar-refractivity contribution in [3.05, 3.63) is 12.7 Å². The van der Waals surface area contributed by atoms with Crippen LogP contribution in [-0.2, 0) is 19.1 Å². The van der Waals surface area contributed by atoms with E-state index in [-0.39, 0.29) is 18.4 Å². The Hall–Kier alpha value is -2.05. The predicted molar refractivity (Wildman–Crippen MR) is 101 cm³/mol. The van der Waals surface area contributed by atoms with Gasteiger partial charge in [0, 0.05) is 12.5 Å². The van der Waals surface area contributed by atoms with Gasteiger partial charge in [0.2, 0.25) is 5.91 Å². The van der Waals surface area contributed by atoms with Gasteiger partial charge in [0.05, 0.1) is 7.11 Å². The molecule has 0 aliphatic carbocycles. The first-order valence-corrected chi connectivity index (χ1v) is 9.35. The zero-order valence-corrected chi connectivity index (χ0v) is 16.3. The molecule has 0 aliphatic heterocycles. The van der Waals surface area contributed by atoms with E-state index < -0.39 is 18.1 Å². The zero-order chi connectivity index (χ0) is 19.8. The van der Waals surface area contributed by atoms with E-state index in [9.17, 15) is 14.4 Å². The minimum Gasteiger partial charge on any atom is -0.467 e. The molecule has 0 fully saturated rings. The normalized spacial score (nSPS) is 12.6. The predicted octanol–water partition coefficient (Wildman–Crippen LogP) is 2.94. The van der Waals surface area contributed by atoms with Crippen LogP contribution in [0.2, 0.25) is 0 Å². The molecule has 2 amide bonds. The van der Waals surface area contributed by atoms with Crippen LogP contribution in [0, 0.1) is 5.92 Å². The molecule has 0 aromatic heterocycles. The molecule has 0 spiro atoms. The molecule has 0 aromatic rings. The number of rotatable bonds is 14. The monoisotopic (exact) mass is 370 g/mol. The number of amides is 2. The van der Waals surface area contributed by atoms with Crippen LogP contribution < -0.4 is 10.6 Å². The lowest BCUT2D eigenvalue weighted by atomic mass is 10.0. The third-order valence-electron chi connectivity index (χ3n) is 4.01. The highest BCUT2D eigenvalue weighted by Crippen LogP contribution is 2.11. The summed E-state index contributed by atoms with van der Waals surface area (Å²) in [7, 11) is 1.31. The van der Waals surface area contributed by atoms with Crippen molar-refractivity contribution in [1.29, 1.82) is 0 Å². The van der Waals surface area contributed by atoms with Crippen LogP contribution in [0.5, 0.6) is 0 Å². The number of hydrogen-bond acceptors (Lipinski definition) is 5. The van der Waals surface area contributed by atoms with Crippen molar-refractivity contribution in [2.45, 2.75) is 64.8 Å². The van der Waals surface area contributed by atoms with Gasteiger partial charge in [0.15, 0.2) is 0 Å². The lowest BCUT2D eigenvalue weighted by molar-refractivity contribution is -0.145. The smallest absolute Gasteiger partial charge is 0.407 e. The van der Waals surface area contributed by atoms with Gasteiger partial charge < -0.3 is 20.1 Å². The lowest BCUT2D eigenvalue weighted by Gasteiger charge is -2.19. The summed E-state index contributed by atoms with van der Waals surface area (Å²) in [6.45, 7) is 8.05. The Morgan fingerprint density at radius 3 is 2.42 bits per heavy atom. The highest BCUT2D eigenvalue weighted by atomic mass is 16.5. The highest BCUT2D eigenvalue weighted by Gasteiger charge is 2.23. The summed E-state index contributed by atoms with van der Waals surface area (Å²) in [5, 5.41) is 5.40. The molecule has 0 rings (SSSR count). The molecule has 7 nitrogen and oxygen atoms in total. The molecule has 26 heavy (non-hydrogen) atoms. The Kier molecular flexibility index (Phi) is 14.0. The first-order valence-electron chi connectivity index (χ1n) is 9.35. The fourth-order valence-corrected chi connectivity index (χ4v) is 2.39. The van der Waals surface area contributed by atoms with Crippen molar-refractivity contribution in [2.75, 3.05) is 20.3 Å². The zero-order valence-electron chi connectivity index (χ0n) is 16.3. The molecule has 150 valence electrons. The van der Waals surface area contributed by atoms with Crippen molar-refractivity contribution in [3.8, 4) is 0 Å². The number of nitrogens with one attached hydrogen (secondary N) is 2. The van der Waals surface area contributed by atoms with E-state index in [1.807, 2.05) is 6.92 Å². The number of alkyl carbamates (subject to hydrolysis) is 1. The maximum Gasteiger partial charge on any atom is 0.407 e. The van der Waals surface area contributed by atoms with Crippen LogP contribution in [0.25, 0.3) is 0 Å². The molecule has 0 radical (unpaired) electrons. The summed E-state index contributed by atoms with van der Waals surface area (Å²) < 4.78 is 9.57. The fourth-order valence-electron chi connectivity index (χ4n) is 2.39. The topological polar surface area (TPSA) is 93.7 Å². The molecule has 0 unspecified atom stereocenters. The first-order chi connectivity index (χ1) is 12.5. The Balaban J connectivity index is 4.20. The number of carbonyl (C=O) groups excluding carboxylic acids is 3. The van der Waals surface area contributed by atoms with Crippen LogP contribution in [0.3, 0.4) is 0 Å². The maximum absolute atomic E-state index is 12.2. The van der Waals surface area contributed by atoms with Gasteiger partial charge in [-0.25, -0.2) is 9.59 Å². The molecule has 0 saturated heterocycles. The Labute approximate surface area is 156 Å². The Morgan fingerprint density at radius 1 is 1.12 bits per heavy atom. The molecular formula is C19H34N2O5. The van der Waals surface area contributed by atoms with E-state index >= 15 is 0 Å². The summed E-state index contributed by atoms with van der Waals surface area (Å²) in [5.41, 5.74) is 0. The Bertz CT molecular complexity index is 440. The number of unbranched alkanes of at least 4 members (excludes halogenated alkanes) is 3. The summed E-state index contributed by atoms with van der Waals surface area (Å²) in [5.74, 6) is -0.699. The average molecular weight is 370 g/mol. The van der Waals surface area contributed by atoms with Crippen LogP contribution in [0.4, 0.5) is 4.79 Å². The third-order valence-corrected chi connectivity index (χ3v) is 4.01. The van der Waals surface area contributed by atoms with Crippen molar-refractivity contribution >= 4 is 18.0 Å². The van der Waals surface area contributed by atoms with Gasteiger partial charge in [-0.2, -0.15) is 0 Å². The van der Waals surface area contributed by atoms with E-state index in [1.54, 1.807) is 0 Å². The van der Waals surface area contributed by atoms with Crippen molar-refractivity contribution < 1.29 is 23.9 Å². The molecule has 2 N–H and O–H groups in total. The van der Waals surface area contributed by atoms with Gasteiger partial charge in [-0.05, 0) is 25.7 Å². The van der Waals surface area contributed by atoms with E-state index in [2.05, 4.69) is 24.1 Å². The quantitative estimate of drug-likeness (QED) is 0.278. The molecule has 2 atom stereocenters. The standard InChI is InChI=1S/C19H34N2O5/c1-5-7-8-11-15(3)17(22)21-16(18(23)25-4)12-9-10-13-20-19(24)26-14-6-2/h6,15-16H,2,5,7-14H2,1,3-4H3,(H,20,24)(H,21,22)/t15-,16-/m0/s1. The van der Waals surface area contributed by atoms with Crippen LogP contribution in [-0.4, -0.2) is 44.3 Å². The summed E-state index contributed by atoms with van der Waals surface area (Å²) in [4.78, 5) is 35.4. The summed E-state index contributed by atoms with van der Waals surface area (Å²) in [6, 6.07) is -0.658. The van der Waals surface area contributed by atoms with Crippen LogP contribution in [0.15, 0.2) is 12.7 Å². The number of carbonyl (C=O) groups is 3. The average Bonchev–Trinajstić information content (AvgIpc) is 2.64. The number of hydrogen-bond donors (Lipinski definition) is 2. The summed E-state index contributed by atoms with van der Waals surface area (Å²) >= 11 is 0. The van der Waals surface area contributed by atoms with Crippen LogP contribution >= 0.6 is 0 Å². The van der Waals surface area contributed by atoms with Crippen molar-refractivity contribution in [2.24, 2.45) is 5.92 Å². The second kappa shape index (κ2) is 15.2.